The highest BCUT2D eigenvalue weighted by Gasteiger charge is 2.17. The molecule has 0 aromatic heterocycles. The fraction of sp³-hybridized carbons (Fsp3) is 0.263. The van der Waals surface area contributed by atoms with Crippen molar-refractivity contribution in [3.8, 4) is 0 Å². The van der Waals surface area contributed by atoms with Crippen molar-refractivity contribution in [3.63, 3.8) is 0 Å². The zero-order valence-corrected chi connectivity index (χ0v) is 14.9. The lowest BCUT2D eigenvalue weighted by molar-refractivity contribution is -0.120. The molecule has 0 spiro atoms. The molecule has 0 bridgehead atoms. The molecule has 2 N–H and O–H groups in total. The summed E-state index contributed by atoms with van der Waals surface area (Å²) in [6.45, 7) is 3.46. The quantitative estimate of drug-likeness (QED) is 0.782. The molecule has 24 heavy (non-hydrogen) atoms. The monoisotopic (exact) mass is 342 g/mol. The number of anilines is 1. The van der Waals surface area contributed by atoms with Gasteiger partial charge < -0.3 is 10.6 Å². The van der Waals surface area contributed by atoms with Gasteiger partial charge in [-0.25, -0.2) is 0 Å². The smallest absolute Gasteiger partial charge is 0.226 e. The minimum absolute atomic E-state index is 0.132. The van der Waals surface area contributed by atoms with Crippen LogP contribution in [0.4, 0.5) is 5.69 Å². The summed E-state index contributed by atoms with van der Waals surface area (Å²) < 4.78 is 0. The number of thioether (sulfide) groups is 1. The first-order valence-electron chi connectivity index (χ1n) is 7.75. The third-order valence-electron chi connectivity index (χ3n) is 3.60. The van der Waals surface area contributed by atoms with Crippen molar-refractivity contribution in [1.29, 1.82) is 0 Å². The molecule has 2 rings (SSSR count). The number of amides is 2. The molecule has 0 radical (unpaired) electrons. The summed E-state index contributed by atoms with van der Waals surface area (Å²) in [6.07, 6.45) is 2.18. The highest BCUT2D eigenvalue weighted by atomic mass is 32.2. The first-order valence-corrected chi connectivity index (χ1v) is 8.98. The lowest BCUT2D eigenvalue weighted by atomic mass is 10.0. The van der Waals surface area contributed by atoms with Crippen LogP contribution >= 0.6 is 11.8 Å². The second-order valence-electron chi connectivity index (χ2n) is 5.65. The zero-order chi connectivity index (χ0) is 17.5. The molecule has 0 heterocycles. The van der Waals surface area contributed by atoms with E-state index in [0.717, 1.165) is 21.7 Å². The molecule has 1 atom stereocenters. The van der Waals surface area contributed by atoms with Gasteiger partial charge in [-0.3, -0.25) is 9.59 Å². The molecule has 5 heteroatoms. The topological polar surface area (TPSA) is 58.2 Å². The van der Waals surface area contributed by atoms with E-state index in [2.05, 4.69) is 10.6 Å². The lowest BCUT2D eigenvalue weighted by Crippen LogP contribution is -2.29. The molecule has 0 fully saturated rings. The first kappa shape index (κ1) is 18.1. The van der Waals surface area contributed by atoms with Crippen molar-refractivity contribution in [2.75, 3.05) is 11.6 Å². The van der Waals surface area contributed by atoms with E-state index in [1.807, 2.05) is 61.7 Å². The van der Waals surface area contributed by atoms with Gasteiger partial charge in [0, 0.05) is 17.5 Å². The number of hydrogen-bond donors (Lipinski definition) is 2. The van der Waals surface area contributed by atoms with Gasteiger partial charge in [0.25, 0.3) is 0 Å². The minimum Gasteiger partial charge on any atom is -0.349 e. The summed E-state index contributed by atoms with van der Waals surface area (Å²) in [5.74, 6) is -0.287. The van der Waals surface area contributed by atoms with Crippen LogP contribution < -0.4 is 10.6 Å². The van der Waals surface area contributed by atoms with Crippen molar-refractivity contribution in [3.05, 3.63) is 59.7 Å². The van der Waals surface area contributed by atoms with E-state index < -0.39 is 0 Å². The predicted octanol–water partition coefficient (Wildman–Crippen LogP) is 3.92. The maximum absolute atomic E-state index is 12.4. The number of hydrogen-bond acceptors (Lipinski definition) is 3. The lowest BCUT2D eigenvalue weighted by Gasteiger charge is -2.18. The molecule has 0 saturated heterocycles. The van der Waals surface area contributed by atoms with Crippen LogP contribution in [0.5, 0.6) is 0 Å². The summed E-state index contributed by atoms with van der Waals surface area (Å²) in [6, 6.07) is 15.2. The zero-order valence-electron chi connectivity index (χ0n) is 14.1. The molecule has 0 saturated carbocycles. The summed E-state index contributed by atoms with van der Waals surface area (Å²) in [7, 11) is 0. The molecular weight excluding hydrogens is 320 g/mol. The van der Waals surface area contributed by atoms with Gasteiger partial charge in [-0.2, -0.15) is 0 Å². The SMILES string of the molecule is CSc1cccc(NC(=O)CC(NC(C)=O)c2ccc(C)cc2)c1. The maximum atomic E-state index is 12.4. The van der Waals surface area contributed by atoms with Crippen LogP contribution in [0.1, 0.15) is 30.5 Å². The second-order valence-corrected chi connectivity index (χ2v) is 6.53. The Labute approximate surface area is 147 Å². The van der Waals surface area contributed by atoms with Crippen LogP contribution in [0.2, 0.25) is 0 Å². The molecule has 2 aromatic rings. The van der Waals surface area contributed by atoms with Crippen LogP contribution in [-0.4, -0.2) is 18.1 Å². The average molecular weight is 342 g/mol. The number of aryl methyl sites for hydroxylation is 1. The van der Waals surface area contributed by atoms with E-state index >= 15 is 0 Å². The summed E-state index contributed by atoms with van der Waals surface area (Å²) in [5.41, 5.74) is 2.82. The number of carbonyl (C=O) groups excluding carboxylic acids is 2. The Morgan fingerprint density at radius 2 is 1.83 bits per heavy atom. The van der Waals surface area contributed by atoms with Crippen LogP contribution in [0, 0.1) is 6.92 Å². The molecule has 0 aliphatic carbocycles. The normalized spacial score (nSPS) is 11.6. The average Bonchev–Trinajstić information content (AvgIpc) is 2.54. The Morgan fingerprint density at radius 3 is 2.46 bits per heavy atom. The van der Waals surface area contributed by atoms with Crippen molar-refractivity contribution in [2.45, 2.75) is 31.2 Å². The molecule has 1 unspecified atom stereocenters. The van der Waals surface area contributed by atoms with Crippen molar-refractivity contribution in [1.82, 2.24) is 5.32 Å². The van der Waals surface area contributed by atoms with Crippen LogP contribution in [0.3, 0.4) is 0 Å². The molecule has 2 aromatic carbocycles. The first-order chi connectivity index (χ1) is 11.5. The van der Waals surface area contributed by atoms with Crippen molar-refractivity contribution >= 4 is 29.3 Å². The Morgan fingerprint density at radius 1 is 1.12 bits per heavy atom. The van der Waals surface area contributed by atoms with Gasteiger partial charge in [-0.15, -0.1) is 11.8 Å². The third-order valence-corrected chi connectivity index (χ3v) is 4.33. The number of nitrogens with one attached hydrogen (secondary N) is 2. The van der Waals surface area contributed by atoms with Gasteiger partial charge in [0.05, 0.1) is 12.5 Å². The predicted molar refractivity (Wildman–Crippen MR) is 99.2 cm³/mol. The Balaban J connectivity index is 2.08. The van der Waals surface area contributed by atoms with Crippen molar-refractivity contribution < 1.29 is 9.59 Å². The molecular formula is C19H22N2O2S. The third kappa shape index (κ3) is 5.42. The van der Waals surface area contributed by atoms with Gasteiger partial charge in [0.1, 0.15) is 0 Å². The Bertz CT molecular complexity index is 714. The van der Waals surface area contributed by atoms with Gasteiger partial charge in [-0.1, -0.05) is 35.9 Å². The van der Waals surface area contributed by atoms with Gasteiger partial charge in [0.15, 0.2) is 0 Å². The van der Waals surface area contributed by atoms with Crippen LogP contribution in [-0.2, 0) is 9.59 Å². The Kier molecular flexibility index (Phi) is 6.44. The van der Waals surface area contributed by atoms with E-state index in [9.17, 15) is 9.59 Å². The molecule has 0 aliphatic rings. The highest BCUT2D eigenvalue weighted by Crippen LogP contribution is 2.21. The van der Waals surface area contributed by atoms with E-state index in [0.29, 0.717) is 0 Å². The standard InChI is InChI=1S/C19H22N2O2S/c1-13-7-9-15(10-8-13)18(20-14(2)22)12-19(23)21-16-5-4-6-17(11-16)24-3/h4-11,18H,12H2,1-3H3,(H,20,22)(H,21,23). The maximum Gasteiger partial charge on any atom is 0.226 e. The van der Waals surface area contributed by atoms with E-state index in [4.69, 9.17) is 0 Å². The molecule has 0 aliphatic heterocycles. The largest absolute Gasteiger partial charge is 0.349 e. The van der Waals surface area contributed by atoms with Crippen LogP contribution in [0.15, 0.2) is 53.4 Å². The fourth-order valence-corrected chi connectivity index (χ4v) is 2.85. The van der Waals surface area contributed by atoms with Crippen molar-refractivity contribution in [2.24, 2.45) is 0 Å². The van der Waals surface area contributed by atoms with Crippen LogP contribution in [0.25, 0.3) is 0 Å². The van der Waals surface area contributed by atoms with Gasteiger partial charge >= 0.3 is 0 Å². The number of carbonyl (C=O) groups is 2. The van der Waals surface area contributed by atoms with E-state index in [1.54, 1.807) is 11.8 Å². The highest BCUT2D eigenvalue weighted by molar-refractivity contribution is 7.98. The molecule has 126 valence electrons. The molecule has 4 nitrogen and oxygen atoms in total. The summed E-state index contributed by atoms with van der Waals surface area (Å²) in [4.78, 5) is 24.9. The molecule has 2 amide bonds. The van der Waals surface area contributed by atoms with Gasteiger partial charge in [0.2, 0.25) is 11.8 Å². The summed E-state index contributed by atoms with van der Waals surface area (Å²) in [5, 5.41) is 5.75. The van der Waals surface area contributed by atoms with Gasteiger partial charge in [-0.05, 0) is 36.9 Å². The van der Waals surface area contributed by atoms with E-state index in [-0.39, 0.29) is 24.3 Å². The Hall–Kier alpha value is -2.27. The summed E-state index contributed by atoms with van der Waals surface area (Å²) >= 11 is 1.62. The number of rotatable bonds is 6. The minimum atomic E-state index is -0.341. The fourth-order valence-electron chi connectivity index (χ4n) is 2.39. The number of benzene rings is 2. The van der Waals surface area contributed by atoms with E-state index in [1.165, 1.54) is 6.92 Å². The second kappa shape index (κ2) is 8.55.